The van der Waals surface area contributed by atoms with Gasteiger partial charge in [0, 0.05) is 11.5 Å². The maximum atomic E-state index is 11.8. The summed E-state index contributed by atoms with van der Waals surface area (Å²) in [5, 5.41) is 0. The first-order chi connectivity index (χ1) is 13.6. The molecule has 0 amide bonds. The van der Waals surface area contributed by atoms with Crippen molar-refractivity contribution in [1.29, 1.82) is 0 Å². The molecule has 0 spiro atoms. The van der Waals surface area contributed by atoms with Crippen molar-refractivity contribution in [3.8, 4) is 23.0 Å². The molecule has 0 aromatic heterocycles. The van der Waals surface area contributed by atoms with Crippen LogP contribution < -0.4 is 18.9 Å². The molecular formula is C20H22O6S2. The standard InChI is InChI=1S/C20H22O6S2/c1-23-15-3-7-17(8-4-15)25-19(21)11-13-27-28-14-12-20(22)26-18-9-5-16(24-2)6-10-18/h3-10H,11-14H2,1-2H3. The summed E-state index contributed by atoms with van der Waals surface area (Å²) in [4.78, 5) is 23.6. The van der Waals surface area contributed by atoms with E-state index in [9.17, 15) is 9.59 Å². The first kappa shape index (κ1) is 22.0. The average molecular weight is 423 g/mol. The van der Waals surface area contributed by atoms with Crippen LogP contribution in [0.4, 0.5) is 0 Å². The molecule has 0 radical (unpaired) electrons. The minimum absolute atomic E-state index is 0.292. The highest BCUT2D eigenvalue weighted by Crippen LogP contribution is 2.24. The first-order valence-corrected chi connectivity index (χ1v) is 11.0. The number of benzene rings is 2. The van der Waals surface area contributed by atoms with Crippen LogP contribution in [0.1, 0.15) is 12.8 Å². The fourth-order valence-corrected chi connectivity index (χ4v) is 3.96. The Morgan fingerprint density at radius 2 is 0.964 bits per heavy atom. The van der Waals surface area contributed by atoms with Crippen molar-refractivity contribution in [2.45, 2.75) is 12.8 Å². The molecule has 28 heavy (non-hydrogen) atoms. The second kappa shape index (κ2) is 12.2. The van der Waals surface area contributed by atoms with Crippen LogP contribution in [0, 0.1) is 0 Å². The van der Waals surface area contributed by atoms with E-state index < -0.39 is 0 Å². The van der Waals surface area contributed by atoms with Crippen LogP contribution in [0.2, 0.25) is 0 Å². The molecule has 0 bridgehead atoms. The first-order valence-electron chi connectivity index (χ1n) is 8.54. The molecule has 8 heteroatoms. The summed E-state index contributed by atoms with van der Waals surface area (Å²) in [7, 11) is 6.20. The van der Waals surface area contributed by atoms with Gasteiger partial charge < -0.3 is 18.9 Å². The topological polar surface area (TPSA) is 71.1 Å². The molecule has 0 aliphatic heterocycles. The Morgan fingerprint density at radius 3 is 1.29 bits per heavy atom. The second-order valence-electron chi connectivity index (χ2n) is 5.44. The lowest BCUT2D eigenvalue weighted by Gasteiger charge is -2.06. The van der Waals surface area contributed by atoms with E-state index in [0.29, 0.717) is 47.3 Å². The largest absolute Gasteiger partial charge is 0.497 e. The highest BCUT2D eigenvalue weighted by Gasteiger charge is 2.08. The third-order valence-electron chi connectivity index (χ3n) is 3.44. The number of carbonyl (C=O) groups excluding carboxylic acids is 2. The minimum atomic E-state index is -0.294. The lowest BCUT2D eigenvalue weighted by atomic mass is 10.3. The second-order valence-corrected chi connectivity index (χ2v) is 8.15. The Kier molecular flexibility index (Phi) is 9.57. The van der Waals surface area contributed by atoms with E-state index in [1.54, 1.807) is 62.8 Å². The predicted octanol–water partition coefficient (Wildman–Crippen LogP) is 4.38. The van der Waals surface area contributed by atoms with Crippen LogP contribution in [0.3, 0.4) is 0 Å². The fraction of sp³-hybridized carbons (Fsp3) is 0.300. The summed E-state index contributed by atoms with van der Waals surface area (Å²) in [6.45, 7) is 0. The van der Waals surface area contributed by atoms with Gasteiger partial charge in [-0.1, -0.05) is 21.6 Å². The van der Waals surface area contributed by atoms with E-state index in [-0.39, 0.29) is 11.9 Å². The molecule has 0 fully saturated rings. The summed E-state index contributed by atoms with van der Waals surface area (Å²) in [5.74, 6) is 3.01. The Bertz CT molecular complexity index is 681. The van der Waals surface area contributed by atoms with Crippen molar-refractivity contribution in [3.63, 3.8) is 0 Å². The zero-order valence-electron chi connectivity index (χ0n) is 15.7. The summed E-state index contributed by atoms with van der Waals surface area (Å²) >= 11 is 0. The molecule has 0 unspecified atom stereocenters. The fourth-order valence-electron chi connectivity index (χ4n) is 2.02. The molecule has 2 aromatic rings. The van der Waals surface area contributed by atoms with Crippen molar-refractivity contribution in [3.05, 3.63) is 48.5 Å². The van der Waals surface area contributed by atoms with Crippen LogP contribution in [-0.4, -0.2) is 37.7 Å². The van der Waals surface area contributed by atoms with E-state index >= 15 is 0 Å². The van der Waals surface area contributed by atoms with Crippen molar-refractivity contribution in [2.24, 2.45) is 0 Å². The molecule has 2 rings (SSSR count). The van der Waals surface area contributed by atoms with Crippen LogP contribution >= 0.6 is 21.6 Å². The Labute approximate surface area is 172 Å². The van der Waals surface area contributed by atoms with Crippen molar-refractivity contribution < 1.29 is 28.5 Å². The van der Waals surface area contributed by atoms with Crippen molar-refractivity contribution in [2.75, 3.05) is 25.7 Å². The third-order valence-corrected chi connectivity index (χ3v) is 5.85. The van der Waals surface area contributed by atoms with E-state index in [1.807, 2.05) is 0 Å². The number of esters is 2. The molecular weight excluding hydrogens is 400 g/mol. The molecule has 0 saturated heterocycles. The van der Waals surface area contributed by atoms with Crippen molar-refractivity contribution >= 4 is 33.5 Å². The van der Waals surface area contributed by atoms with Crippen LogP contribution in [0.15, 0.2) is 48.5 Å². The number of ether oxygens (including phenoxy) is 4. The summed E-state index contributed by atoms with van der Waals surface area (Å²) in [6.07, 6.45) is 0.583. The lowest BCUT2D eigenvalue weighted by Crippen LogP contribution is -2.09. The lowest BCUT2D eigenvalue weighted by molar-refractivity contribution is -0.134. The Morgan fingerprint density at radius 1 is 0.643 bits per heavy atom. The summed E-state index contributed by atoms with van der Waals surface area (Å²) < 4.78 is 20.6. The average Bonchev–Trinajstić information content (AvgIpc) is 2.71. The summed E-state index contributed by atoms with van der Waals surface area (Å²) in [6, 6.07) is 13.7. The minimum Gasteiger partial charge on any atom is -0.497 e. The van der Waals surface area contributed by atoms with E-state index in [2.05, 4.69) is 0 Å². The normalized spacial score (nSPS) is 10.2. The molecule has 0 N–H and O–H groups in total. The highest BCUT2D eigenvalue weighted by atomic mass is 33.1. The van der Waals surface area contributed by atoms with Crippen molar-refractivity contribution in [1.82, 2.24) is 0 Å². The Hall–Kier alpha value is -2.32. The molecule has 2 aromatic carbocycles. The monoisotopic (exact) mass is 422 g/mol. The quantitative estimate of drug-likeness (QED) is 0.229. The zero-order chi connectivity index (χ0) is 20.2. The molecule has 0 saturated carbocycles. The van der Waals surface area contributed by atoms with E-state index in [4.69, 9.17) is 18.9 Å². The predicted molar refractivity (Wildman–Crippen MR) is 111 cm³/mol. The maximum absolute atomic E-state index is 11.8. The molecule has 0 aliphatic rings. The number of carbonyl (C=O) groups is 2. The van der Waals surface area contributed by atoms with Crippen LogP contribution in [0.25, 0.3) is 0 Å². The number of methoxy groups -OCH3 is 2. The van der Waals surface area contributed by atoms with Gasteiger partial charge in [-0.25, -0.2) is 0 Å². The van der Waals surface area contributed by atoms with Gasteiger partial charge >= 0.3 is 11.9 Å². The molecule has 6 nitrogen and oxygen atoms in total. The van der Waals surface area contributed by atoms with E-state index in [1.165, 1.54) is 21.6 Å². The van der Waals surface area contributed by atoms with Gasteiger partial charge in [0.05, 0.1) is 27.1 Å². The van der Waals surface area contributed by atoms with Gasteiger partial charge in [-0.3, -0.25) is 9.59 Å². The van der Waals surface area contributed by atoms with Gasteiger partial charge in [0.15, 0.2) is 0 Å². The molecule has 0 heterocycles. The third kappa shape index (κ3) is 8.14. The Balaban J connectivity index is 1.54. The van der Waals surface area contributed by atoms with Gasteiger partial charge in [0.25, 0.3) is 0 Å². The van der Waals surface area contributed by atoms with Crippen LogP contribution in [-0.2, 0) is 9.59 Å². The zero-order valence-corrected chi connectivity index (χ0v) is 17.3. The summed E-state index contributed by atoms with van der Waals surface area (Å²) in [5.41, 5.74) is 0. The van der Waals surface area contributed by atoms with Crippen LogP contribution in [0.5, 0.6) is 23.0 Å². The SMILES string of the molecule is COc1ccc(OC(=O)CCSSCCC(=O)Oc2ccc(OC)cc2)cc1. The molecule has 150 valence electrons. The van der Waals surface area contributed by atoms with Gasteiger partial charge in [0.2, 0.25) is 0 Å². The molecule has 0 aliphatic carbocycles. The molecule has 0 atom stereocenters. The van der Waals surface area contributed by atoms with E-state index in [0.717, 1.165) is 0 Å². The van der Waals surface area contributed by atoms with Gasteiger partial charge in [-0.2, -0.15) is 0 Å². The smallest absolute Gasteiger partial charge is 0.312 e. The number of rotatable bonds is 11. The van der Waals surface area contributed by atoms with Gasteiger partial charge in [-0.15, -0.1) is 0 Å². The highest BCUT2D eigenvalue weighted by molar-refractivity contribution is 8.76. The maximum Gasteiger partial charge on any atom is 0.312 e. The van der Waals surface area contributed by atoms with Gasteiger partial charge in [0.1, 0.15) is 23.0 Å². The number of hydrogen-bond donors (Lipinski definition) is 0. The van der Waals surface area contributed by atoms with Gasteiger partial charge in [-0.05, 0) is 48.5 Å². The number of hydrogen-bond acceptors (Lipinski definition) is 8.